The molecule has 1 rings (SSSR count). The van der Waals surface area contributed by atoms with Crippen LogP contribution in [0.3, 0.4) is 0 Å². The molecule has 0 spiro atoms. The normalized spacial score (nSPS) is 14.6. The Bertz CT molecular complexity index is 298. The molecule has 0 bridgehead atoms. The lowest BCUT2D eigenvalue weighted by Crippen LogP contribution is -2.36. The van der Waals surface area contributed by atoms with Crippen molar-refractivity contribution < 1.29 is 4.79 Å². The van der Waals surface area contributed by atoms with Crippen molar-refractivity contribution in [3.8, 4) is 0 Å². The van der Waals surface area contributed by atoms with Gasteiger partial charge < -0.3 is 10.6 Å². The second-order valence-corrected chi connectivity index (χ2v) is 3.46. The molecule has 1 amide bonds. The van der Waals surface area contributed by atoms with Gasteiger partial charge in [0.15, 0.2) is 5.82 Å². The molecule has 0 aliphatic carbocycles. The van der Waals surface area contributed by atoms with Crippen LogP contribution in [0, 0.1) is 5.92 Å². The van der Waals surface area contributed by atoms with Crippen molar-refractivity contribution in [2.45, 2.75) is 19.9 Å². The topological polar surface area (TPSA) is 95.6 Å². The third-order valence-electron chi connectivity index (χ3n) is 2.07. The number of hydrogen-bond donors (Lipinski definition) is 3. The molecule has 2 unspecified atom stereocenters. The summed E-state index contributed by atoms with van der Waals surface area (Å²) >= 11 is 0. The summed E-state index contributed by atoms with van der Waals surface area (Å²) in [6.45, 7) is 4.31. The fraction of sp³-hybridized carbons (Fsp3) is 0.750. The van der Waals surface area contributed by atoms with E-state index in [4.69, 9.17) is 0 Å². The summed E-state index contributed by atoms with van der Waals surface area (Å²) in [6.07, 6.45) is 0. The first kappa shape index (κ1) is 11.6. The van der Waals surface area contributed by atoms with Gasteiger partial charge in [0.1, 0.15) is 0 Å². The Morgan fingerprint density at radius 2 is 2.27 bits per heavy atom. The molecule has 7 heteroatoms. The summed E-state index contributed by atoms with van der Waals surface area (Å²) in [5.41, 5.74) is 0. The van der Waals surface area contributed by atoms with E-state index in [2.05, 4.69) is 31.3 Å². The number of rotatable bonds is 5. The van der Waals surface area contributed by atoms with Crippen LogP contribution >= 0.6 is 0 Å². The second kappa shape index (κ2) is 5.40. The first-order chi connectivity index (χ1) is 7.15. The second-order valence-electron chi connectivity index (χ2n) is 3.46. The van der Waals surface area contributed by atoms with Crippen molar-refractivity contribution in [1.82, 2.24) is 31.3 Å². The summed E-state index contributed by atoms with van der Waals surface area (Å²) in [4.78, 5) is 11.6. The van der Waals surface area contributed by atoms with Crippen molar-refractivity contribution in [1.29, 1.82) is 0 Å². The van der Waals surface area contributed by atoms with Gasteiger partial charge in [-0.3, -0.25) is 4.79 Å². The van der Waals surface area contributed by atoms with E-state index in [1.807, 2.05) is 20.9 Å². The molecule has 1 heterocycles. The van der Waals surface area contributed by atoms with Gasteiger partial charge >= 0.3 is 0 Å². The van der Waals surface area contributed by atoms with Crippen molar-refractivity contribution in [2.24, 2.45) is 5.92 Å². The fourth-order valence-corrected chi connectivity index (χ4v) is 1.17. The monoisotopic (exact) mass is 212 g/mol. The maximum Gasteiger partial charge on any atom is 0.224 e. The Balaban J connectivity index is 2.44. The Morgan fingerprint density at radius 1 is 1.53 bits per heavy atom. The molecule has 0 aliphatic heterocycles. The van der Waals surface area contributed by atoms with Crippen LogP contribution in [0.2, 0.25) is 0 Å². The van der Waals surface area contributed by atoms with Gasteiger partial charge in [-0.05, 0) is 14.0 Å². The van der Waals surface area contributed by atoms with Gasteiger partial charge in [-0.2, -0.15) is 5.21 Å². The molecular formula is C8H16N6O. The molecule has 0 aliphatic rings. The minimum atomic E-state index is -0.226. The van der Waals surface area contributed by atoms with Crippen LogP contribution in [-0.2, 0) is 4.79 Å². The summed E-state index contributed by atoms with van der Waals surface area (Å²) in [5.74, 6) is 0.381. The van der Waals surface area contributed by atoms with Gasteiger partial charge in [-0.25, -0.2) is 0 Å². The zero-order valence-corrected chi connectivity index (χ0v) is 9.11. The van der Waals surface area contributed by atoms with Gasteiger partial charge in [0.25, 0.3) is 0 Å². The molecule has 0 radical (unpaired) electrons. The van der Waals surface area contributed by atoms with E-state index in [0.717, 1.165) is 0 Å². The predicted octanol–water partition coefficient (Wildman–Crippen LogP) is -0.768. The highest BCUT2D eigenvalue weighted by atomic mass is 16.1. The summed E-state index contributed by atoms with van der Waals surface area (Å²) < 4.78 is 0. The molecule has 84 valence electrons. The van der Waals surface area contributed by atoms with Crippen LogP contribution in [0.1, 0.15) is 25.7 Å². The average molecular weight is 212 g/mol. The number of amides is 1. The SMILES string of the molecule is CNCC(C)C(=O)NC(C)c1nn[nH]n1. The Morgan fingerprint density at radius 3 is 2.80 bits per heavy atom. The Hall–Kier alpha value is -1.50. The van der Waals surface area contributed by atoms with Crippen molar-refractivity contribution >= 4 is 5.91 Å². The van der Waals surface area contributed by atoms with E-state index < -0.39 is 0 Å². The largest absolute Gasteiger partial charge is 0.346 e. The lowest BCUT2D eigenvalue weighted by molar-refractivity contribution is -0.125. The van der Waals surface area contributed by atoms with Gasteiger partial charge in [-0.15, -0.1) is 10.2 Å². The third kappa shape index (κ3) is 3.28. The quantitative estimate of drug-likeness (QED) is 0.596. The number of hydrogen-bond acceptors (Lipinski definition) is 5. The molecule has 0 saturated carbocycles. The van der Waals surface area contributed by atoms with Crippen LogP contribution in [-0.4, -0.2) is 40.1 Å². The van der Waals surface area contributed by atoms with Crippen LogP contribution in [0.4, 0.5) is 0 Å². The third-order valence-corrected chi connectivity index (χ3v) is 2.07. The molecule has 15 heavy (non-hydrogen) atoms. The number of aromatic amines is 1. The standard InChI is InChI=1S/C8H16N6O/c1-5(4-9-3)8(15)10-6(2)7-11-13-14-12-7/h5-6,9H,4H2,1-3H3,(H,10,15)(H,11,12,13,14). The van der Waals surface area contributed by atoms with Crippen LogP contribution in [0.15, 0.2) is 0 Å². The minimum Gasteiger partial charge on any atom is -0.346 e. The van der Waals surface area contributed by atoms with E-state index in [9.17, 15) is 4.79 Å². The van der Waals surface area contributed by atoms with E-state index in [1.54, 1.807) is 0 Å². The van der Waals surface area contributed by atoms with Gasteiger partial charge in [0.2, 0.25) is 5.91 Å². The zero-order valence-electron chi connectivity index (χ0n) is 9.11. The Kier molecular flexibility index (Phi) is 4.17. The van der Waals surface area contributed by atoms with Gasteiger partial charge in [0, 0.05) is 12.5 Å². The molecule has 1 aromatic rings. The number of carbonyl (C=O) groups excluding carboxylic acids is 1. The number of carbonyl (C=O) groups is 1. The lowest BCUT2D eigenvalue weighted by Gasteiger charge is -2.14. The first-order valence-electron chi connectivity index (χ1n) is 4.83. The first-order valence-corrected chi connectivity index (χ1v) is 4.83. The lowest BCUT2D eigenvalue weighted by atomic mass is 10.1. The van der Waals surface area contributed by atoms with E-state index in [-0.39, 0.29) is 17.9 Å². The molecule has 0 aromatic carbocycles. The molecule has 0 saturated heterocycles. The maximum absolute atomic E-state index is 11.6. The van der Waals surface area contributed by atoms with Crippen molar-refractivity contribution in [3.05, 3.63) is 5.82 Å². The highest BCUT2D eigenvalue weighted by Gasteiger charge is 2.17. The number of H-pyrrole nitrogens is 1. The summed E-state index contributed by atoms with van der Waals surface area (Å²) in [5, 5.41) is 19.1. The van der Waals surface area contributed by atoms with E-state index >= 15 is 0 Å². The molecular weight excluding hydrogens is 196 g/mol. The number of nitrogens with one attached hydrogen (secondary N) is 3. The molecule has 3 N–H and O–H groups in total. The van der Waals surface area contributed by atoms with E-state index in [1.165, 1.54) is 0 Å². The fourth-order valence-electron chi connectivity index (χ4n) is 1.17. The number of tetrazole rings is 1. The smallest absolute Gasteiger partial charge is 0.224 e. The summed E-state index contributed by atoms with van der Waals surface area (Å²) in [7, 11) is 1.81. The molecule has 2 atom stereocenters. The molecule has 7 nitrogen and oxygen atoms in total. The van der Waals surface area contributed by atoms with Crippen LogP contribution < -0.4 is 10.6 Å². The van der Waals surface area contributed by atoms with Crippen LogP contribution in [0.25, 0.3) is 0 Å². The average Bonchev–Trinajstić information content (AvgIpc) is 2.70. The number of nitrogens with zero attached hydrogens (tertiary/aromatic N) is 3. The van der Waals surface area contributed by atoms with Gasteiger partial charge in [-0.1, -0.05) is 12.1 Å². The van der Waals surface area contributed by atoms with Crippen molar-refractivity contribution in [3.63, 3.8) is 0 Å². The highest BCUT2D eigenvalue weighted by Crippen LogP contribution is 2.04. The highest BCUT2D eigenvalue weighted by molar-refractivity contribution is 5.78. The van der Waals surface area contributed by atoms with Gasteiger partial charge in [0.05, 0.1) is 6.04 Å². The zero-order chi connectivity index (χ0) is 11.3. The molecule has 1 aromatic heterocycles. The van der Waals surface area contributed by atoms with Crippen molar-refractivity contribution in [2.75, 3.05) is 13.6 Å². The number of aromatic nitrogens is 4. The summed E-state index contributed by atoms with van der Waals surface area (Å²) in [6, 6.07) is -0.226. The van der Waals surface area contributed by atoms with Crippen LogP contribution in [0.5, 0.6) is 0 Å². The minimum absolute atomic E-state index is 0.0262. The predicted molar refractivity (Wildman–Crippen MR) is 53.8 cm³/mol. The molecule has 0 fully saturated rings. The van der Waals surface area contributed by atoms with E-state index in [0.29, 0.717) is 12.4 Å². The Labute approximate surface area is 88.0 Å². The maximum atomic E-state index is 11.6.